The number of hydrogen-bond donors (Lipinski definition) is 1. The maximum atomic E-state index is 4.91. The van der Waals surface area contributed by atoms with Gasteiger partial charge in [-0.05, 0) is 22.4 Å². The van der Waals surface area contributed by atoms with E-state index < -0.39 is 0 Å². The molecule has 0 fully saturated rings. The van der Waals surface area contributed by atoms with Crippen molar-refractivity contribution in [1.29, 1.82) is 0 Å². The van der Waals surface area contributed by atoms with Gasteiger partial charge in [-0.15, -0.1) is 0 Å². The maximum absolute atomic E-state index is 4.91. The van der Waals surface area contributed by atoms with Crippen LogP contribution in [-0.4, -0.2) is 30.2 Å². The Hall–Kier alpha value is -0.680. The Balaban J connectivity index is 2.25. The largest absolute Gasteiger partial charge is 0.385 e. The van der Waals surface area contributed by atoms with Gasteiger partial charge in [0.1, 0.15) is 0 Å². The molecule has 5 heteroatoms. The molecular weight excluding hydrogens is 234 g/mol. The number of methoxy groups -OCH3 is 1. The predicted octanol–water partition coefficient (Wildman–Crippen LogP) is 1.69. The van der Waals surface area contributed by atoms with E-state index >= 15 is 0 Å². The van der Waals surface area contributed by atoms with Crippen LogP contribution in [0.4, 0.5) is 5.95 Å². The molecule has 1 rings (SSSR count). The summed E-state index contributed by atoms with van der Waals surface area (Å²) in [6.45, 7) is 1.58. The van der Waals surface area contributed by atoms with E-state index in [2.05, 4.69) is 31.2 Å². The van der Waals surface area contributed by atoms with Crippen LogP contribution in [0.1, 0.15) is 6.42 Å². The molecule has 1 heterocycles. The molecule has 0 aliphatic carbocycles. The summed E-state index contributed by atoms with van der Waals surface area (Å²) < 4.78 is 5.79. The first-order valence-corrected chi connectivity index (χ1v) is 4.82. The van der Waals surface area contributed by atoms with E-state index in [4.69, 9.17) is 4.74 Å². The predicted molar refractivity (Wildman–Crippen MR) is 54.7 cm³/mol. The highest BCUT2D eigenvalue weighted by Gasteiger charge is 1.93. The molecule has 0 aliphatic heterocycles. The number of hydrogen-bond acceptors (Lipinski definition) is 4. The molecule has 0 amide bonds. The van der Waals surface area contributed by atoms with E-state index in [1.54, 1.807) is 19.5 Å². The lowest BCUT2D eigenvalue weighted by Gasteiger charge is -2.02. The second-order valence-corrected chi connectivity index (χ2v) is 3.41. The molecule has 0 spiro atoms. The Bertz CT molecular complexity index is 240. The maximum Gasteiger partial charge on any atom is 0.222 e. The minimum Gasteiger partial charge on any atom is -0.385 e. The van der Waals surface area contributed by atoms with E-state index in [9.17, 15) is 0 Å². The van der Waals surface area contributed by atoms with Gasteiger partial charge >= 0.3 is 0 Å². The van der Waals surface area contributed by atoms with E-state index in [1.165, 1.54) is 0 Å². The molecule has 0 aromatic carbocycles. The van der Waals surface area contributed by atoms with Crippen LogP contribution >= 0.6 is 15.9 Å². The summed E-state index contributed by atoms with van der Waals surface area (Å²) >= 11 is 3.27. The molecule has 0 aliphatic rings. The molecule has 0 atom stereocenters. The summed E-state index contributed by atoms with van der Waals surface area (Å²) in [4.78, 5) is 8.13. The normalized spacial score (nSPS) is 10.0. The highest BCUT2D eigenvalue weighted by Crippen LogP contribution is 2.06. The third-order valence-corrected chi connectivity index (χ3v) is 1.84. The van der Waals surface area contributed by atoms with E-state index in [0.29, 0.717) is 5.95 Å². The second kappa shape index (κ2) is 5.88. The van der Waals surface area contributed by atoms with Crippen molar-refractivity contribution in [3.63, 3.8) is 0 Å². The molecule has 0 saturated carbocycles. The standard InChI is InChI=1S/C8H12BrN3O/c1-13-4-2-3-10-8-11-5-7(9)6-12-8/h5-6H,2-4H2,1H3,(H,10,11,12). The van der Waals surface area contributed by atoms with Gasteiger partial charge in [-0.1, -0.05) is 0 Å². The zero-order chi connectivity index (χ0) is 9.52. The fourth-order valence-electron chi connectivity index (χ4n) is 0.820. The zero-order valence-corrected chi connectivity index (χ0v) is 9.04. The van der Waals surface area contributed by atoms with Gasteiger partial charge in [0.05, 0.1) is 4.47 Å². The average Bonchev–Trinajstić information content (AvgIpc) is 2.15. The van der Waals surface area contributed by atoms with Gasteiger partial charge in [0.25, 0.3) is 0 Å². The van der Waals surface area contributed by atoms with E-state index in [-0.39, 0.29) is 0 Å². The lowest BCUT2D eigenvalue weighted by Crippen LogP contribution is -2.07. The van der Waals surface area contributed by atoms with Crippen LogP contribution < -0.4 is 5.32 Å². The molecule has 13 heavy (non-hydrogen) atoms. The van der Waals surface area contributed by atoms with Crippen molar-refractivity contribution < 1.29 is 4.74 Å². The quantitative estimate of drug-likeness (QED) is 0.803. The molecular formula is C8H12BrN3O. The molecule has 1 aromatic heterocycles. The number of rotatable bonds is 5. The Morgan fingerprint density at radius 2 is 2.15 bits per heavy atom. The van der Waals surface area contributed by atoms with Crippen LogP contribution in [0, 0.1) is 0 Å². The first-order chi connectivity index (χ1) is 6.33. The highest BCUT2D eigenvalue weighted by atomic mass is 79.9. The highest BCUT2D eigenvalue weighted by molar-refractivity contribution is 9.10. The molecule has 0 radical (unpaired) electrons. The molecule has 0 unspecified atom stereocenters. The molecule has 1 N–H and O–H groups in total. The summed E-state index contributed by atoms with van der Waals surface area (Å²) in [5.41, 5.74) is 0. The Morgan fingerprint density at radius 1 is 1.46 bits per heavy atom. The monoisotopic (exact) mass is 245 g/mol. The number of ether oxygens (including phenoxy) is 1. The lowest BCUT2D eigenvalue weighted by atomic mass is 10.4. The van der Waals surface area contributed by atoms with Crippen molar-refractivity contribution in [2.45, 2.75) is 6.42 Å². The Labute approximate surface area is 85.9 Å². The second-order valence-electron chi connectivity index (χ2n) is 2.50. The molecule has 72 valence electrons. The van der Waals surface area contributed by atoms with Gasteiger partial charge in [0.15, 0.2) is 0 Å². The van der Waals surface area contributed by atoms with Crippen molar-refractivity contribution in [1.82, 2.24) is 9.97 Å². The number of nitrogens with zero attached hydrogens (tertiary/aromatic N) is 2. The number of halogens is 1. The summed E-state index contributed by atoms with van der Waals surface area (Å²) in [6, 6.07) is 0. The van der Waals surface area contributed by atoms with Gasteiger partial charge in [0, 0.05) is 32.7 Å². The average molecular weight is 246 g/mol. The van der Waals surface area contributed by atoms with Crippen molar-refractivity contribution >= 4 is 21.9 Å². The summed E-state index contributed by atoms with van der Waals surface area (Å²) in [5.74, 6) is 0.652. The number of anilines is 1. The minimum atomic E-state index is 0.652. The van der Waals surface area contributed by atoms with Crippen molar-refractivity contribution in [3.8, 4) is 0 Å². The number of nitrogens with one attached hydrogen (secondary N) is 1. The van der Waals surface area contributed by atoms with Gasteiger partial charge < -0.3 is 10.1 Å². The van der Waals surface area contributed by atoms with Crippen LogP contribution in [0.15, 0.2) is 16.9 Å². The van der Waals surface area contributed by atoms with Crippen molar-refractivity contribution in [3.05, 3.63) is 16.9 Å². The van der Waals surface area contributed by atoms with E-state index in [1.807, 2.05) is 0 Å². The SMILES string of the molecule is COCCCNc1ncc(Br)cn1. The topological polar surface area (TPSA) is 47.0 Å². The van der Waals surface area contributed by atoms with Gasteiger partial charge in [-0.3, -0.25) is 0 Å². The molecule has 1 aromatic rings. The first kappa shape index (κ1) is 10.4. The zero-order valence-electron chi connectivity index (χ0n) is 7.46. The van der Waals surface area contributed by atoms with E-state index in [0.717, 1.165) is 24.0 Å². The number of aromatic nitrogens is 2. The van der Waals surface area contributed by atoms with Crippen molar-refractivity contribution in [2.75, 3.05) is 25.6 Å². The fraction of sp³-hybridized carbons (Fsp3) is 0.500. The third kappa shape index (κ3) is 4.19. The summed E-state index contributed by atoms with van der Waals surface area (Å²) in [7, 11) is 1.69. The summed E-state index contributed by atoms with van der Waals surface area (Å²) in [6.07, 6.45) is 4.38. The Morgan fingerprint density at radius 3 is 2.77 bits per heavy atom. The minimum absolute atomic E-state index is 0.652. The summed E-state index contributed by atoms with van der Waals surface area (Å²) in [5, 5.41) is 3.08. The van der Waals surface area contributed by atoms with Crippen molar-refractivity contribution in [2.24, 2.45) is 0 Å². The van der Waals surface area contributed by atoms with Gasteiger partial charge in [-0.2, -0.15) is 0 Å². The Kier molecular flexibility index (Phi) is 4.70. The molecule has 4 nitrogen and oxygen atoms in total. The van der Waals surface area contributed by atoms with Crippen LogP contribution in [0.25, 0.3) is 0 Å². The first-order valence-electron chi connectivity index (χ1n) is 4.03. The molecule has 0 saturated heterocycles. The fourth-order valence-corrected chi connectivity index (χ4v) is 1.03. The molecule has 0 bridgehead atoms. The van der Waals surface area contributed by atoms with Gasteiger partial charge in [-0.25, -0.2) is 9.97 Å². The van der Waals surface area contributed by atoms with Crippen LogP contribution in [0.2, 0.25) is 0 Å². The van der Waals surface area contributed by atoms with Crippen LogP contribution in [0.5, 0.6) is 0 Å². The van der Waals surface area contributed by atoms with Gasteiger partial charge in [0.2, 0.25) is 5.95 Å². The third-order valence-electron chi connectivity index (χ3n) is 1.43. The van der Waals surface area contributed by atoms with Crippen LogP contribution in [-0.2, 0) is 4.74 Å². The van der Waals surface area contributed by atoms with Crippen LogP contribution in [0.3, 0.4) is 0 Å². The lowest BCUT2D eigenvalue weighted by molar-refractivity contribution is 0.197. The smallest absolute Gasteiger partial charge is 0.222 e.